The molecule has 3 aromatic rings. The third kappa shape index (κ3) is 6.03. The standard InChI is InChI=1S/C26H29N3O2/c1-17-13-18(2)15-22(14-17)28-26(31)25(21-11-6-5-7-12-21)27-16-23(30)29-24-19(3)9-8-10-20(24)4/h5-15,25,27H,16H2,1-4H3,(H,28,31)(H,29,30)/t25-/m0/s1. The molecule has 0 heterocycles. The largest absolute Gasteiger partial charge is 0.324 e. The molecule has 0 radical (unpaired) electrons. The van der Waals surface area contributed by atoms with Crippen molar-refractivity contribution in [2.24, 2.45) is 0 Å². The smallest absolute Gasteiger partial charge is 0.246 e. The van der Waals surface area contributed by atoms with Gasteiger partial charge in [-0.15, -0.1) is 0 Å². The second-order valence-electron chi connectivity index (χ2n) is 7.91. The lowest BCUT2D eigenvalue weighted by atomic mass is 10.1. The normalized spacial score (nSPS) is 11.6. The summed E-state index contributed by atoms with van der Waals surface area (Å²) in [6.07, 6.45) is 0. The van der Waals surface area contributed by atoms with Crippen molar-refractivity contribution >= 4 is 23.2 Å². The van der Waals surface area contributed by atoms with Crippen molar-refractivity contribution in [2.45, 2.75) is 33.7 Å². The fourth-order valence-corrected chi connectivity index (χ4v) is 3.66. The summed E-state index contributed by atoms with van der Waals surface area (Å²) in [7, 11) is 0. The van der Waals surface area contributed by atoms with Gasteiger partial charge in [0, 0.05) is 11.4 Å². The number of carbonyl (C=O) groups excluding carboxylic acids is 2. The van der Waals surface area contributed by atoms with Crippen LogP contribution < -0.4 is 16.0 Å². The molecule has 0 bridgehead atoms. The van der Waals surface area contributed by atoms with E-state index in [1.54, 1.807) is 0 Å². The Bertz CT molecular complexity index is 1040. The van der Waals surface area contributed by atoms with Crippen molar-refractivity contribution in [1.29, 1.82) is 0 Å². The van der Waals surface area contributed by atoms with Crippen molar-refractivity contribution < 1.29 is 9.59 Å². The fraction of sp³-hybridized carbons (Fsp3) is 0.231. The zero-order valence-electron chi connectivity index (χ0n) is 18.5. The maximum atomic E-state index is 13.1. The number of anilines is 2. The average molecular weight is 416 g/mol. The van der Waals surface area contributed by atoms with E-state index in [-0.39, 0.29) is 18.4 Å². The van der Waals surface area contributed by atoms with E-state index in [2.05, 4.69) is 22.0 Å². The zero-order valence-corrected chi connectivity index (χ0v) is 18.5. The molecule has 0 saturated carbocycles. The lowest BCUT2D eigenvalue weighted by molar-refractivity contribution is -0.119. The molecule has 5 nitrogen and oxygen atoms in total. The third-order valence-corrected chi connectivity index (χ3v) is 5.10. The molecule has 3 aromatic carbocycles. The number of nitrogens with one attached hydrogen (secondary N) is 3. The molecule has 160 valence electrons. The molecule has 31 heavy (non-hydrogen) atoms. The van der Waals surface area contributed by atoms with E-state index in [4.69, 9.17) is 0 Å². The van der Waals surface area contributed by atoms with Crippen molar-refractivity contribution in [2.75, 3.05) is 17.2 Å². The van der Waals surface area contributed by atoms with Crippen molar-refractivity contribution in [1.82, 2.24) is 5.32 Å². The minimum atomic E-state index is -0.661. The van der Waals surface area contributed by atoms with Crippen LogP contribution in [-0.2, 0) is 9.59 Å². The Balaban J connectivity index is 1.73. The second-order valence-corrected chi connectivity index (χ2v) is 7.91. The summed E-state index contributed by atoms with van der Waals surface area (Å²) in [4.78, 5) is 25.7. The molecular formula is C26H29N3O2. The number of carbonyl (C=O) groups is 2. The van der Waals surface area contributed by atoms with Crippen molar-refractivity contribution in [3.63, 3.8) is 0 Å². The topological polar surface area (TPSA) is 70.2 Å². The van der Waals surface area contributed by atoms with Crippen molar-refractivity contribution in [3.8, 4) is 0 Å². The van der Waals surface area contributed by atoms with Gasteiger partial charge in [-0.2, -0.15) is 0 Å². The SMILES string of the molecule is Cc1cc(C)cc(NC(=O)[C@@H](NCC(=O)Nc2c(C)cccc2C)c2ccccc2)c1. The predicted octanol–water partition coefficient (Wildman–Crippen LogP) is 4.83. The van der Waals surface area contributed by atoms with Gasteiger partial charge in [-0.3, -0.25) is 14.9 Å². The fourth-order valence-electron chi connectivity index (χ4n) is 3.66. The molecule has 0 unspecified atom stereocenters. The Morgan fingerprint density at radius 1 is 0.774 bits per heavy atom. The summed E-state index contributed by atoms with van der Waals surface area (Å²) in [5.74, 6) is -0.409. The van der Waals surface area contributed by atoms with E-state index in [0.29, 0.717) is 0 Å². The Morgan fingerprint density at radius 2 is 1.39 bits per heavy atom. The lowest BCUT2D eigenvalue weighted by Gasteiger charge is -2.20. The number of rotatable bonds is 7. The van der Waals surface area contributed by atoms with Gasteiger partial charge in [-0.05, 0) is 67.6 Å². The van der Waals surface area contributed by atoms with Crippen LogP contribution in [0.15, 0.2) is 66.7 Å². The first kappa shape index (κ1) is 22.2. The molecule has 3 rings (SSSR count). The molecule has 0 saturated heterocycles. The summed E-state index contributed by atoms with van der Waals surface area (Å²) in [5.41, 5.74) is 6.50. The van der Waals surface area contributed by atoms with E-state index >= 15 is 0 Å². The average Bonchev–Trinajstić information content (AvgIpc) is 2.71. The van der Waals surface area contributed by atoms with Crippen LogP contribution in [0, 0.1) is 27.7 Å². The number of amides is 2. The van der Waals surface area contributed by atoms with E-state index in [1.807, 2.05) is 88.4 Å². The lowest BCUT2D eigenvalue weighted by Crippen LogP contribution is -2.38. The summed E-state index contributed by atoms with van der Waals surface area (Å²) in [6, 6.07) is 20.5. The van der Waals surface area contributed by atoms with Gasteiger partial charge < -0.3 is 10.6 Å². The van der Waals surface area contributed by atoms with Crippen LogP contribution in [-0.4, -0.2) is 18.4 Å². The molecule has 0 aromatic heterocycles. The van der Waals surface area contributed by atoms with Gasteiger partial charge in [0.05, 0.1) is 6.54 Å². The Labute approximate surface area is 183 Å². The van der Waals surface area contributed by atoms with E-state index < -0.39 is 6.04 Å². The highest BCUT2D eigenvalue weighted by Gasteiger charge is 2.21. The molecule has 3 N–H and O–H groups in total. The molecule has 0 aliphatic carbocycles. The number of hydrogen-bond donors (Lipinski definition) is 3. The van der Waals surface area contributed by atoms with Gasteiger partial charge in [-0.25, -0.2) is 0 Å². The van der Waals surface area contributed by atoms with Crippen LogP contribution in [0.4, 0.5) is 11.4 Å². The first-order valence-corrected chi connectivity index (χ1v) is 10.4. The summed E-state index contributed by atoms with van der Waals surface area (Å²) < 4.78 is 0. The monoisotopic (exact) mass is 415 g/mol. The number of benzene rings is 3. The molecule has 1 atom stereocenters. The molecule has 0 aliphatic rings. The molecule has 0 spiro atoms. The van der Waals surface area contributed by atoms with Crippen LogP contribution in [0.25, 0.3) is 0 Å². The number of hydrogen-bond acceptors (Lipinski definition) is 3. The second kappa shape index (κ2) is 10.0. The van der Waals surface area contributed by atoms with Gasteiger partial charge in [0.1, 0.15) is 6.04 Å². The maximum absolute atomic E-state index is 13.1. The van der Waals surface area contributed by atoms with Crippen LogP contribution >= 0.6 is 0 Å². The summed E-state index contributed by atoms with van der Waals surface area (Å²) in [5, 5.41) is 9.06. The molecule has 2 amide bonds. The quantitative estimate of drug-likeness (QED) is 0.518. The highest BCUT2D eigenvalue weighted by Crippen LogP contribution is 2.20. The molecule has 0 fully saturated rings. The minimum Gasteiger partial charge on any atom is -0.324 e. The van der Waals surface area contributed by atoms with Crippen LogP contribution in [0.2, 0.25) is 0 Å². The predicted molar refractivity (Wildman–Crippen MR) is 126 cm³/mol. The molecule has 5 heteroatoms. The first-order chi connectivity index (χ1) is 14.8. The number of aryl methyl sites for hydroxylation is 4. The van der Waals surface area contributed by atoms with Crippen LogP contribution in [0.1, 0.15) is 33.9 Å². The van der Waals surface area contributed by atoms with Gasteiger partial charge in [-0.1, -0.05) is 54.6 Å². The highest BCUT2D eigenvalue weighted by atomic mass is 16.2. The van der Waals surface area contributed by atoms with Crippen LogP contribution in [0.3, 0.4) is 0 Å². The highest BCUT2D eigenvalue weighted by molar-refractivity contribution is 5.97. The van der Waals surface area contributed by atoms with Gasteiger partial charge in [0.15, 0.2) is 0 Å². The first-order valence-electron chi connectivity index (χ1n) is 10.4. The Morgan fingerprint density at radius 3 is 2.00 bits per heavy atom. The molecular weight excluding hydrogens is 386 g/mol. The van der Waals surface area contributed by atoms with E-state index in [9.17, 15) is 9.59 Å². The number of para-hydroxylation sites is 1. The van der Waals surface area contributed by atoms with E-state index in [0.717, 1.165) is 39.2 Å². The maximum Gasteiger partial charge on any atom is 0.246 e. The van der Waals surface area contributed by atoms with E-state index in [1.165, 1.54) is 0 Å². The Kier molecular flexibility index (Phi) is 7.21. The van der Waals surface area contributed by atoms with Gasteiger partial charge >= 0.3 is 0 Å². The van der Waals surface area contributed by atoms with Gasteiger partial charge in [0.2, 0.25) is 11.8 Å². The zero-order chi connectivity index (χ0) is 22.4. The minimum absolute atomic E-state index is 0.00754. The Hall–Kier alpha value is -3.44. The molecule has 0 aliphatic heterocycles. The third-order valence-electron chi connectivity index (χ3n) is 5.10. The van der Waals surface area contributed by atoms with Gasteiger partial charge in [0.25, 0.3) is 0 Å². The summed E-state index contributed by atoms with van der Waals surface area (Å²) >= 11 is 0. The van der Waals surface area contributed by atoms with Crippen molar-refractivity contribution in [3.05, 3.63) is 94.5 Å². The van der Waals surface area contributed by atoms with Crippen LogP contribution in [0.5, 0.6) is 0 Å². The summed E-state index contributed by atoms with van der Waals surface area (Å²) in [6.45, 7) is 7.91.